The first-order valence-electron chi connectivity index (χ1n) is 5.62. The van der Waals surface area contributed by atoms with E-state index < -0.39 is 0 Å². The molecule has 0 aliphatic carbocycles. The van der Waals surface area contributed by atoms with Gasteiger partial charge in [-0.15, -0.1) is 12.4 Å². The molecule has 0 radical (unpaired) electrons. The van der Waals surface area contributed by atoms with Crippen LogP contribution in [0, 0.1) is 17.2 Å². The van der Waals surface area contributed by atoms with Gasteiger partial charge in [-0.3, -0.25) is 4.90 Å². The Morgan fingerprint density at radius 2 is 2.56 bits per heavy atom. The molecule has 0 N–H and O–H groups in total. The van der Waals surface area contributed by atoms with Crippen molar-refractivity contribution in [1.82, 2.24) is 10.1 Å². The highest BCUT2D eigenvalue weighted by molar-refractivity contribution is 5.91. The van der Waals surface area contributed by atoms with E-state index in [2.05, 4.69) is 15.2 Å². The largest absolute Gasteiger partial charge is 0.387 e. The Kier molecular flexibility index (Phi) is 3.84. The van der Waals surface area contributed by atoms with Crippen molar-refractivity contribution in [3.8, 4) is 6.07 Å². The van der Waals surface area contributed by atoms with Gasteiger partial charge in [0.05, 0.1) is 5.71 Å². The van der Waals surface area contributed by atoms with Gasteiger partial charge in [0.2, 0.25) is 0 Å². The average molecular weight is 269 g/mol. The Balaban J connectivity index is 0.00000120. The van der Waals surface area contributed by atoms with Crippen LogP contribution in [0.1, 0.15) is 17.9 Å². The second-order valence-corrected chi connectivity index (χ2v) is 4.37. The maximum atomic E-state index is 8.57. The van der Waals surface area contributed by atoms with E-state index in [-0.39, 0.29) is 24.7 Å². The fraction of sp³-hybridized carbons (Fsp3) is 0.545. The summed E-state index contributed by atoms with van der Waals surface area (Å²) in [6.07, 6.45) is 1.18. The molecule has 2 aliphatic heterocycles. The lowest BCUT2D eigenvalue weighted by molar-refractivity contribution is 0.107. The zero-order valence-electron chi connectivity index (χ0n) is 9.70. The summed E-state index contributed by atoms with van der Waals surface area (Å²) in [6.45, 7) is 3.44. The summed E-state index contributed by atoms with van der Waals surface area (Å²) in [7, 11) is 0. The van der Waals surface area contributed by atoms with Gasteiger partial charge in [-0.05, 0) is 13.0 Å². The van der Waals surface area contributed by atoms with E-state index >= 15 is 0 Å². The highest BCUT2D eigenvalue weighted by Crippen LogP contribution is 2.25. The molecule has 0 saturated carbocycles. The van der Waals surface area contributed by atoms with Crippen molar-refractivity contribution in [2.75, 3.05) is 19.6 Å². The van der Waals surface area contributed by atoms with Crippen LogP contribution in [-0.2, 0) is 11.4 Å². The molecule has 0 spiro atoms. The van der Waals surface area contributed by atoms with E-state index in [1.807, 2.05) is 6.07 Å². The highest BCUT2D eigenvalue weighted by atomic mass is 35.5. The number of hydrogen-bond acceptors (Lipinski definition) is 6. The van der Waals surface area contributed by atoms with E-state index in [4.69, 9.17) is 14.6 Å². The molecule has 2 bridgehead atoms. The molecular weight excluding hydrogens is 256 g/mol. The first-order chi connectivity index (χ1) is 8.35. The fourth-order valence-corrected chi connectivity index (χ4v) is 2.32. The summed E-state index contributed by atoms with van der Waals surface area (Å²) in [6, 6.07) is 3.46. The summed E-state index contributed by atoms with van der Waals surface area (Å²) in [4.78, 5) is 7.60. The van der Waals surface area contributed by atoms with Gasteiger partial charge in [-0.25, -0.2) is 0 Å². The number of piperidine rings is 1. The lowest BCUT2D eigenvalue weighted by Gasteiger charge is -2.12. The normalized spacial score (nSPS) is 26.9. The minimum Gasteiger partial charge on any atom is -0.387 e. The average Bonchev–Trinajstić information content (AvgIpc) is 3.04. The number of oxime groups is 1. The molecule has 0 aromatic carbocycles. The molecule has 7 heteroatoms. The zero-order valence-corrected chi connectivity index (χ0v) is 10.5. The summed E-state index contributed by atoms with van der Waals surface area (Å²) in [5, 5.41) is 16.3. The third-order valence-corrected chi connectivity index (χ3v) is 3.19. The SMILES string of the molecule is Cl.N#Cc1cc(CON=C2CN3CCC2C3)on1. The lowest BCUT2D eigenvalue weighted by Crippen LogP contribution is -2.23. The number of fused-ring (bicyclic) bond motifs is 2. The maximum Gasteiger partial charge on any atom is 0.183 e. The Hall–Kier alpha value is -1.58. The standard InChI is InChI=1S/C11H12N4O2.ClH/c12-4-9-3-10(17-13-9)7-16-14-11-6-15-2-1-8(11)5-15;/h3,8H,1-2,5-7H2;1H. The van der Waals surface area contributed by atoms with Crippen LogP contribution in [0.4, 0.5) is 0 Å². The van der Waals surface area contributed by atoms with Crippen molar-refractivity contribution >= 4 is 18.1 Å². The van der Waals surface area contributed by atoms with Crippen molar-refractivity contribution in [2.45, 2.75) is 13.0 Å². The van der Waals surface area contributed by atoms with Crippen molar-refractivity contribution in [3.63, 3.8) is 0 Å². The van der Waals surface area contributed by atoms with Crippen LogP contribution in [0.15, 0.2) is 15.7 Å². The Morgan fingerprint density at radius 1 is 1.67 bits per heavy atom. The summed E-state index contributed by atoms with van der Waals surface area (Å²) < 4.78 is 4.91. The molecule has 96 valence electrons. The van der Waals surface area contributed by atoms with Crippen LogP contribution in [0.3, 0.4) is 0 Å². The lowest BCUT2D eigenvalue weighted by atomic mass is 10.0. The van der Waals surface area contributed by atoms with E-state index in [9.17, 15) is 0 Å². The highest BCUT2D eigenvalue weighted by Gasteiger charge is 2.35. The van der Waals surface area contributed by atoms with E-state index in [1.165, 1.54) is 13.0 Å². The molecule has 0 amide bonds. The monoisotopic (exact) mass is 268 g/mol. The number of rotatable bonds is 3. The van der Waals surface area contributed by atoms with Gasteiger partial charge in [0, 0.05) is 25.1 Å². The summed E-state index contributed by atoms with van der Waals surface area (Å²) >= 11 is 0. The fourth-order valence-electron chi connectivity index (χ4n) is 2.32. The summed E-state index contributed by atoms with van der Waals surface area (Å²) in [5.74, 6) is 1.09. The third-order valence-electron chi connectivity index (χ3n) is 3.19. The maximum absolute atomic E-state index is 8.57. The molecule has 2 aliphatic rings. The van der Waals surface area contributed by atoms with Crippen molar-refractivity contribution in [2.24, 2.45) is 11.1 Å². The third kappa shape index (κ3) is 2.47. The van der Waals surface area contributed by atoms with Gasteiger partial charge in [0.1, 0.15) is 6.07 Å². The minimum atomic E-state index is 0. The molecule has 2 fully saturated rings. The van der Waals surface area contributed by atoms with Gasteiger partial charge in [-0.2, -0.15) is 5.26 Å². The topological polar surface area (TPSA) is 74.7 Å². The predicted octanol–water partition coefficient (Wildman–Crippen LogP) is 1.18. The molecule has 1 aromatic rings. The van der Waals surface area contributed by atoms with Crippen LogP contribution < -0.4 is 0 Å². The molecule has 3 rings (SSSR count). The first-order valence-corrected chi connectivity index (χ1v) is 5.62. The van der Waals surface area contributed by atoms with E-state index in [0.29, 0.717) is 11.7 Å². The van der Waals surface area contributed by atoms with Crippen LogP contribution in [0.5, 0.6) is 0 Å². The second kappa shape index (κ2) is 5.38. The summed E-state index contributed by atoms with van der Waals surface area (Å²) in [5.41, 5.74) is 1.39. The smallest absolute Gasteiger partial charge is 0.183 e. The zero-order chi connectivity index (χ0) is 11.7. The number of aromatic nitrogens is 1. The quantitative estimate of drug-likeness (QED) is 0.770. The van der Waals surface area contributed by atoms with Crippen LogP contribution in [0.2, 0.25) is 0 Å². The Bertz CT molecular complexity index is 493. The molecule has 1 aromatic heterocycles. The van der Waals surface area contributed by atoms with Crippen molar-refractivity contribution in [3.05, 3.63) is 17.5 Å². The number of nitriles is 1. The first kappa shape index (κ1) is 12.9. The van der Waals surface area contributed by atoms with Gasteiger partial charge < -0.3 is 9.36 Å². The minimum absolute atomic E-state index is 0. The number of hydrogen-bond donors (Lipinski definition) is 0. The molecule has 2 atom stereocenters. The molecule has 6 nitrogen and oxygen atoms in total. The van der Waals surface area contributed by atoms with Gasteiger partial charge in [0.15, 0.2) is 18.1 Å². The predicted molar refractivity (Wildman–Crippen MR) is 65.2 cm³/mol. The number of nitrogens with zero attached hydrogens (tertiary/aromatic N) is 4. The van der Waals surface area contributed by atoms with Crippen LogP contribution in [0.25, 0.3) is 0 Å². The van der Waals surface area contributed by atoms with Gasteiger partial charge >= 0.3 is 0 Å². The van der Waals surface area contributed by atoms with E-state index in [0.717, 1.165) is 18.8 Å². The molecule has 18 heavy (non-hydrogen) atoms. The molecule has 2 saturated heterocycles. The van der Waals surface area contributed by atoms with Crippen molar-refractivity contribution < 1.29 is 9.36 Å². The van der Waals surface area contributed by atoms with Crippen LogP contribution in [-0.4, -0.2) is 35.4 Å². The van der Waals surface area contributed by atoms with Gasteiger partial charge in [-0.1, -0.05) is 10.3 Å². The van der Waals surface area contributed by atoms with Crippen molar-refractivity contribution in [1.29, 1.82) is 5.26 Å². The Morgan fingerprint density at radius 3 is 3.17 bits per heavy atom. The van der Waals surface area contributed by atoms with E-state index in [1.54, 1.807) is 6.07 Å². The van der Waals surface area contributed by atoms with Crippen LogP contribution >= 0.6 is 12.4 Å². The molecule has 3 heterocycles. The Labute approximate surface area is 111 Å². The molecule has 2 unspecified atom stereocenters. The van der Waals surface area contributed by atoms with Gasteiger partial charge in [0.25, 0.3) is 0 Å². The number of halogens is 1. The molecular formula is C11H13ClN4O2. The second-order valence-electron chi connectivity index (χ2n) is 4.37.